The van der Waals surface area contributed by atoms with Crippen LogP contribution in [0.1, 0.15) is 6.92 Å². The zero-order valence-electron chi connectivity index (χ0n) is 11.3. The van der Waals surface area contributed by atoms with Crippen molar-refractivity contribution in [1.29, 1.82) is 0 Å². The van der Waals surface area contributed by atoms with Gasteiger partial charge < -0.3 is 15.8 Å². The van der Waals surface area contributed by atoms with Crippen LogP contribution in [0.4, 0.5) is 11.4 Å². The van der Waals surface area contributed by atoms with Crippen molar-refractivity contribution in [2.24, 2.45) is 0 Å². The van der Waals surface area contributed by atoms with Crippen LogP contribution < -0.4 is 15.8 Å². The van der Waals surface area contributed by atoms with Crippen LogP contribution in [0.5, 0.6) is 5.75 Å². The summed E-state index contributed by atoms with van der Waals surface area (Å²) in [6, 6.07) is 11.8. The predicted octanol–water partition coefficient (Wildman–Crippen LogP) is 3.98. The first-order valence-electron chi connectivity index (χ1n) is 6.24. The molecule has 0 aliphatic rings. The van der Waals surface area contributed by atoms with Crippen molar-refractivity contribution in [3.8, 4) is 5.75 Å². The van der Waals surface area contributed by atoms with Gasteiger partial charge in [0.25, 0.3) is 5.91 Å². The second kappa shape index (κ2) is 6.70. The largest absolute Gasteiger partial charge is 0.481 e. The fourth-order valence-corrected chi connectivity index (χ4v) is 2.10. The van der Waals surface area contributed by atoms with Crippen LogP contribution >= 0.6 is 23.2 Å². The van der Waals surface area contributed by atoms with Crippen LogP contribution in [0.2, 0.25) is 10.0 Å². The van der Waals surface area contributed by atoms with Gasteiger partial charge in [0.1, 0.15) is 5.75 Å². The summed E-state index contributed by atoms with van der Waals surface area (Å²) in [7, 11) is 0. The topological polar surface area (TPSA) is 64.3 Å². The molecule has 2 aromatic carbocycles. The molecular weight excluding hydrogens is 311 g/mol. The molecular formula is C15H14Cl2N2O2. The Morgan fingerprint density at radius 2 is 1.95 bits per heavy atom. The Kier molecular flexibility index (Phi) is 4.94. The van der Waals surface area contributed by atoms with Crippen molar-refractivity contribution in [2.75, 3.05) is 11.1 Å². The number of carbonyl (C=O) groups excluding carboxylic acids is 1. The van der Waals surface area contributed by atoms with Crippen LogP contribution in [0.25, 0.3) is 0 Å². The number of rotatable bonds is 4. The van der Waals surface area contributed by atoms with E-state index < -0.39 is 6.10 Å². The van der Waals surface area contributed by atoms with Crippen LogP contribution in [0.3, 0.4) is 0 Å². The molecule has 0 spiro atoms. The molecule has 0 radical (unpaired) electrons. The Labute approximate surface area is 132 Å². The van der Waals surface area contributed by atoms with Crippen molar-refractivity contribution in [3.05, 3.63) is 52.5 Å². The minimum absolute atomic E-state index is 0.352. The van der Waals surface area contributed by atoms with Crippen LogP contribution in [0.15, 0.2) is 42.5 Å². The van der Waals surface area contributed by atoms with Crippen LogP contribution in [-0.4, -0.2) is 12.0 Å². The molecule has 0 saturated carbocycles. The van der Waals surface area contributed by atoms with E-state index in [2.05, 4.69) is 5.32 Å². The van der Waals surface area contributed by atoms with E-state index in [-0.39, 0.29) is 5.91 Å². The second-order valence-corrected chi connectivity index (χ2v) is 5.25. The number of carbonyl (C=O) groups is 1. The van der Waals surface area contributed by atoms with Gasteiger partial charge >= 0.3 is 0 Å². The molecule has 0 aliphatic carbocycles. The normalized spacial score (nSPS) is 11.8. The van der Waals surface area contributed by atoms with E-state index >= 15 is 0 Å². The van der Waals surface area contributed by atoms with Gasteiger partial charge in [0, 0.05) is 5.02 Å². The molecule has 0 aromatic heterocycles. The molecule has 1 amide bonds. The summed E-state index contributed by atoms with van der Waals surface area (Å²) in [5.74, 6) is 0.159. The van der Waals surface area contributed by atoms with Crippen molar-refractivity contribution in [2.45, 2.75) is 13.0 Å². The average molecular weight is 325 g/mol. The molecule has 6 heteroatoms. The molecule has 0 fully saturated rings. The number of amides is 1. The van der Waals surface area contributed by atoms with Crippen molar-refractivity contribution in [1.82, 2.24) is 0 Å². The van der Waals surface area contributed by atoms with Gasteiger partial charge in [0.2, 0.25) is 0 Å². The highest BCUT2D eigenvalue weighted by atomic mass is 35.5. The van der Waals surface area contributed by atoms with Gasteiger partial charge in [-0.2, -0.15) is 0 Å². The van der Waals surface area contributed by atoms with Gasteiger partial charge in [-0.25, -0.2) is 0 Å². The van der Waals surface area contributed by atoms with Gasteiger partial charge in [-0.05, 0) is 37.3 Å². The van der Waals surface area contributed by atoms with Crippen molar-refractivity contribution in [3.63, 3.8) is 0 Å². The summed E-state index contributed by atoms with van der Waals surface area (Å²) in [6.07, 6.45) is -0.723. The molecule has 1 unspecified atom stereocenters. The maximum atomic E-state index is 12.1. The van der Waals surface area contributed by atoms with Crippen LogP contribution in [0, 0.1) is 0 Å². The average Bonchev–Trinajstić information content (AvgIpc) is 2.43. The third-order valence-corrected chi connectivity index (χ3v) is 3.32. The lowest BCUT2D eigenvalue weighted by Crippen LogP contribution is -2.30. The van der Waals surface area contributed by atoms with Gasteiger partial charge in [-0.3, -0.25) is 4.79 Å². The number of ether oxygens (including phenoxy) is 1. The summed E-state index contributed by atoms with van der Waals surface area (Å²) in [5, 5.41) is 3.57. The summed E-state index contributed by atoms with van der Waals surface area (Å²) in [4.78, 5) is 12.1. The molecule has 2 rings (SSSR count). The molecule has 2 aromatic rings. The number of hydrogen-bond donors (Lipinski definition) is 2. The third-order valence-electron chi connectivity index (χ3n) is 2.77. The molecule has 0 saturated heterocycles. The zero-order valence-corrected chi connectivity index (χ0v) is 12.8. The van der Waals surface area contributed by atoms with E-state index in [9.17, 15) is 4.79 Å². The highest BCUT2D eigenvalue weighted by Gasteiger charge is 2.17. The van der Waals surface area contributed by atoms with E-state index in [0.717, 1.165) is 0 Å². The minimum Gasteiger partial charge on any atom is -0.481 e. The van der Waals surface area contributed by atoms with E-state index in [1.807, 2.05) is 0 Å². The Hall–Kier alpha value is -1.91. The van der Waals surface area contributed by atoms with E-state index in [4.69, 9.17) is 33.7 Å². The Bertz CT molecular complexity index is 642. The zero-order chi connectivity index (χ0) is 15.4. The van der Waals surface area contributed by atoms with Gasteiger partial charge in [-0.15, -0.1) is 0 Å². The fourth-order valence-electron chi connectivity index (χ4n) is 1.70. The SMILES string of the molecule is CC(Oc1cccc(Cl)c1)C(=O)Nc1c(N)cccc1Cl. The van der Waals surface area contributed by atoms with Crippen LogP contribution in [-0.2, 0) is 4.79 Å². The first-order valence-corrected chi connectivity index (χ1v) is 7.00. The molecule has 4 nitrogen and oxygen atoms in total. The third kappa shape index (κ3) is 4.03. The molecule has 21 heavy (non-hydrogen) atoms. The number of nitrogens with one attached hydrogen (secondary N) is 1. The van der Waals surface area contributed by atoms with Gasteiger partial charge in [0.05, 0.1) is 16.4 Å². The monoisotopic (exact) mass is 324 g/mol. The lowest BCUT2D eigenvalue weighted by atomic mass is 10.2. The lowest BCUT2D eigenvalue weighted by Gasteiger charge is -2.16. The Morgan fingerprint density at radius 3 is 2.62 bits per heavy atom. The maximum Gasteiger partial charge on any atom is 0.265 e. The molecule has 1 atom stereocenters. The smallest absolute Gasteiger partial charge is 0.265 e. The number of anilines is 2. The fraction of sp³-hybridized carbons (Fsp3) is 0.133. The second-order valence-electron chi connectivity index (χ2n) is 4.41. The molecule has 0 heterocycles. The Balaban J connectivity index is 2.06. The summed E-state index contributed by atoms with van der Waals surface area (Å²) < 4.78 is 5.53. The number of para-hydroxylation sites is 1. The minimum atomic E-state index is -0.723. The van der Waals surface area contributed by atoms with E-state index in [1.165, 1.54) is 0 Å². The van der Waals surface area contributed by atoms with Crippen molar-refractivity contribution >= 4 is 40.5 Å². The number of nitrogen functional groups attached to an aromatic ring is 1. The summed E-state index contributed by atoms with van der Waals surface area (Å²) in [5.41, 5.74) is 6.56. The number of halogens is 2. The van der Waals surface area contributed by atoms with Gasteiger partial charge in [-0.1, -0.05) is 35.3 Å². The first-order chi connectivity index (χ1) is 9.97. The number of benzene rings is 2. The summed E-state index contributed by atoms with van der Waals surface area (Å²) >= 11 is 11.9. The highest BCUT2D eigenvalue weighted by molar-refractivity contribution is 6.34. The van der Waals surface area contributed by atoms with Gasteiger partial charge in [0.15, 0.2) is 6.10 Å². The summed E-state index contributed by atoms with van der Waals surface area (Å²) in [6.45, 7) is 1.63. The molecule has 0 aliphatic heterocycles. The van der Waals surface area contributed by atoms with E-state index in [0.29, 0.717) is 27.2 Å². The highest BCUT2D eigenvalue weighted by Crippen LogP contribution is 2.28. The maximum absolute atomic E-state index is 12.1. The number of hydrogen-bond acceptors (Lipinski definition) is 3. The number of nitrogens with two attached hydrogens (primary N) is 1. The first kappa shape index (κ1) is 15.5. The van der Waals surface area contributed by atoms with E-state index in [1.54, 1.807) is 49.4 Å². The standard InChI is InChI=1S/C15H14Cl2N2O2/c1-9(21-11-5-2-4-10(16)8-11)15(20)19-14-12(17)6-3-7-13(14)18/h2-9H,18H2,1H3,(H,19,20). The lowest BCUT2D eigenvalue weighted by molar-refractivity contribution is -0.122. The predicted molar refractivity (Wildman–Crippen MR) is 86.0 cm³/mol. The molecule has 3 N–H and O–H groups in total. The van der Waals surface area contributed by atoms with Crippen molar-refractivity contribution < 1.29 is 9.53 Å². The molecule has 110 valence electrons. The Morgan fingerprint density at radius 1 is 1.24 bits per heavy atom. The molecule has 0 bridgehead atoms. The quantitative estimate of drug-likeness (QED) is 0.836.